The second kappa shape index (κ2) is 20.8. The summed E-state index contributed by atoms with van der Waals surface area (Å²) in [5.41, 5.74) is 11.5. The van der Waals surface area contributed by atoms with Gasteiger partial charge >= 0.3 is 0 Å². The number of nitrogens with two attached hydrogens (primary N) is 2. The smallest absolute Gasteiger partial charge is 0.246 e. The normalized spacial score (nSPS) is 27.8. The first-order valence-corrected chi connectivity index (χ1v) is 19.1. The lowest BCUT2D eigenvalue weighted by molar-refractivity contribution is -0.202. The van der Waals surface area contributed by atoms with Gasteiger partial charge in [0.1, 0.15) is 36.1 Å². The number of aliphatic imine (C=N–C) groups is 1. The Bertz CT molecular complexity index is 1350. The van der Waals surface area contributed by atoms with Crippen molar-refractivity contribution in [3.05, 3.63) is 29.8 Å². The fraction of sp³-hybridized carbons (Fsp3) is 0.730. The molecule has 2 saturated heterocycles. The molecule has 10 atom stereocenters. The predicted octanol–water partition coefficient (Wildman–Crippen LogP) is -0.0955. The van der Waals surface area contributed by atoms with Crippen molar-refractivity contribution in [2.45, 2.75) is 145 Å². The molecule has 4 rings (SSSR count). The van der Waals surface area contributed by atoms with Gasteiger partial charge in [-0.2, -0.15) is 0 Å². The van der Waals surface area contributed by atoms with Gasteiger partial charge in [-0.25, -0.2) is 0 Å². The summed E-state index contributed by atoms with van der Waals surface area (Å²) in [5.74, 6) is -1.22. The molecule has 0 aromatic heterocycles. The molecule has 3 aliphatic rings. The average Bonchev–Trinajstić information content (AvgIpc) is 3.65. The minimum Gasteiger partial charge on any atom is -0.508 e. The van der Waals surface area contributed by atoms with E-state index in [2.05, 4.69) is 22.5 Å². The minimum absolute atomic E-state index is 0.0524. The van der Waals surface area contributed by atoms with Crippen molar-refractivity contribution < 1.29 is 49.4 Å². The van der Waals surface area contributed by atoms with E-state index in [1.165, 1.54) is 12.1 Å². The predicted molar refractivity (Wildman–Crippen MR) is 195 cm³/mol. The van der Waals surface area contributed by atoms with E-state index >= 15 is 0 Å². The molecule has 53 heavy (non-hydrogen) atoms. The molecule has 3 fully saturated rings. The summed E-state index contributed by atoms with van der Waals surface area (Å²) >= 11 is 0. The molecule has 0 radical (unpaired) electrons. The first-order valence-electron chi connectivity index (χ1n) is 19.1. The van der Waals surface area contributed by atoms with Gasteiger partial charge in [0.15, 0.2) is 12.2 Å². The van der Waals surface area contributed by atoms with Crippen LogP contribution in [0.2, 0.25) is 0 Å². The zero-order chi connectivity index (χ0) is 38.5. The molecule has 0 bridgehead atoms. The first kappa shape index (κ1) is 42.2. The summed E-state index contributed by atoms with van der Waals surface area (Å²) in [7, 11) is 0. The lowest BCUT2D eigenvalue weighted by Gasteiger charge is -2.39. The number of carbonyl (C=O) groups is 3. The highest BCUT2D eigenvalue weighted by molar-refractivity contribution is 5.93. The summed E-state index contributed by atoms with van der Waals surface area (Å²) in [6.07, 6.45) is 2.39. The Kier molecular flexibility index (Phi) is 16.6. The van der Waals surface area contributed by atoms with Crippen molar-refractivity contribution in [3.63, 3.8) is 0 Å². The zero-order valence-electron chi connectivity index (χ0n) is 30.7. The third-order valence-corrected chi connectivity index (χ3v) is 10.6. The zero-order valence-corrected chi connectivity index (χ0v) is 30.7. The van der Waals surface area contributed by atoms with Crippen LogP contribution in [0.3, 0.4) is 0 Å². The lowest BCUT2D eigenvalue weighted by atomic mass is 9.83. The fourth-order valence-corrected chi connectivity index (χ4v) is 7.72. The maximum absolute atomic E-state index is 14.8. The second-order valence-corrected chi connectivity index (χ2v) is 14.6. The molecule has 1 saturated carbocycles. The highest BCUT2D eigenvalue weighted by atomic mass is 16.7. The second-order valence-electron chi connectivity index (χ2n) is 14.6. The fourth-order valence-electron chi connectivity index (χ4n) is 7.72. The number of phenols is 1. The molecule has 1 aromatic rings. The average molecular weight is 749 g/mol. The molecule has 2 aliphatic heterocycles. The Morgan fingerprint density at radius 1 is 1.00 bits per heavy atom. The molecule has 298 valence electrons. The van der Waals surface area contributed by atoms with Crippen LogP contribution in [0.4, 0.5) is 0 Å². The maximum Gasteiger partial charge on any atom is 0.246 e. The monoisotopic (exact) mass is 748 g/mol. The number of carbonyl (C=O) groups excluding carboxylic acids is 3. The number of unbranched alkanes of at least 4 members (excludes halogenated alkanes) is 4. The number of phenolic OH excluding ortho intramolecular Hbond substituents is 1. The molecule has 1 aliphatic carbocycles. The highest BCUT2D eigenvalue weighted by Crippen LogP contribution is 2.42. The first-order chi connectivity index (χ1) is 25.4. The van der Waals surface area contributed by atoms with Gasteiger partial charge < -0.3 is 62.0 Å². The van der Waals surface area contributed by atoms with Gasteiger partial charge in [-0.05, 0) is 68.6 Å². The number of hydrogen-bond donors (Lipinski definition) is 9. The van der Waals surface area contributed by atoms with Crippen LogP contribution in [0.5, 0.6) is 5.75 Å². The Labute approximate surface area is 311 Å². The van der Waals surface area contributed by atoms with Crippen LogP contribution >= 0.6 is 0 Å². The SMILES string of the molecule is CCCCCCCC(=O)N[C@@H](Cc1ccc(O)cc1)C(=O)N1C(C(=O)NC(CO)CCCN=C(N)N)C[C@@H]2CCC(OC3OC(CO)C(O)C3O)C[C@@H]21. The third kappa shape index (κ3) is 12.0. The number of hydrogen-bond acceptors (Lipinski definition) is 11. The van der Waals surface area contributed by atoms with Crippen LogP contribution in [-0.4, -0.2) is 129 Å². The van der Waals surface area contributed by atoms with Crippen LogP contribution in [0, 0.1) is 5.92 Å². The molecule has 0 spiro atoms. The number of benzene rings is 1. The Morgan fingerprint density at radius 3 is 2.40 bits per heavy atom. The van der Waals surface area contributed by atoms with Crippen LogP contribution in [0.15, 0.2) is 29.3 Å². The number of ether oxygens (including phenoxy) is 2. The molecule has 2 heterocycles. The number of likely N-dealkylation sites (tertiary alicyclic amines) is 1. The minimum atomic E-state index is -1.38. The van der Waals surface area contributed by atoms with Gasteiger partial charge in [0, 0.05) is 25.4 Å². The topological polar surface area (TPSA) is 263 Å². The molecule has 3 amide bonds. The number of guanidine groups is 1. The van der Waals surface area contributed by atoms with Gasteiger partial charge in [0.05, 0.1) is 25.4 Å². The van der Waals surface area contributed by atoms with E-state index in [9.17, 15) is 39.9 Å². The number of rotatable bonds is 20. The van der Waals surface area contributed by atoms with Crippen molar-refractivity contribution >= 4 is 23.7 Å². The lowest BCUT2D eigenvalue weighted by Crippen LogP contribution is -2.58. The summed E-state index contributed by atoms with van der Waals surface area (Å²) < 4.78 is 11.7. The number of nitrogens with one attached hydrogen (secondary N) is 2. The summed E-state index contributed by atoms with van der Waals surface area (Å²) in [5, 5.41) is 56.2. The number of amides is 3. The van der Waals surface area contributed by atoms with Crippen molar-refractivity contribution in [1.29, 1.82) is 0 Å². The number of aliphatic hydroxyl groups is 4. The number of aliphatic hydroxyl groups excluding tert-OH is 4. The van der Waals surface area contributed by atoms with Crippen LogP contribution in [0.1, 0.15) is 89.5 Å². The molecule has 11 N–H and O–H groups in total. The van der Waals surface area contributed by atoms with E-state index in [0.29, 0.717) is 57.1 Å². The molecular weight excluding hydrogens is 688 g/mol. The number of fused-ring (bicyclic) bond motifs is 1. The van der Waals surface area contributed by atoms with E-state index in [4.69, 9.17) is 20.9 Å². The van der Waals surface area contributed by atoms with Crippen molar-refractivity contribution in [2.24, 2.45) is 22.4 Å². The largest absolute Gasteiger partial charge is 0.508 e. The van der Waals surface area contributed by atoms with E-state index in [1.54, 1.807) is 17.0 Å². The van der Waals surface area contributed by atoms with Crippen molar-refractivity contribution in [1.82, 2.24) is 15.5 Å². The summed E-state index contributed by atoms with van der Waals surface area (Å²) in [6, 6.07) is 3.37. The number of aromatic hydroxyl groups is 1. The van der Waals surface area contributed by atoms with Gasteiger partial charge in [0.2, 0.25) is 17.7 Å². The Morgan fingerprint density at radius 2 is 1.74 bits per heavy atom. The van der Waals surface area contributed by atoms with E-state index < -0.39 is 73.3 Å². The van der Waals surface area contributed by atoms with E-state index in [0.717, 1.165) is 25.7 Å². The van der Waals surface area contributed by atoms with Gasteiger partial charge in [-0.3, -0.25) is 19.4 Å². The molecular formula is C37H60N6O10. The van der Waals surface area contributed by atoms with Gasteiger partial charge in [-0.15, -0.1) is 0 Å². The number of nitrogens with zero attached hydrogens (tertiary/aromatic N) is 2. The summed E-state index contributed by atoms with van der Waals surface area (Å²) in [4.78, 5) is 47.7. The summed E-state index contributed by atoms with van der Waals surface area (Å²) in [6.45, 7) is 1.61. The molecule has 16 nitrogen and oxygen atoms in total. The molecule has 1 aromatic carbocycles. The maximum atomic E-state index is 14.8. The molecule has 16 heteroatoms. The van der Waals surface area contributed by atoms with Crippen LogP contribution < -0.4 is 22.1 Å². The molecule has 7 unspecified atom stereocenters. The highest BCUT2D eigenvalue weighted by Gasteiger charge is 2.52. The Balaban J connectivity index is 1.58. The van der Waals surface area contributed by atoms with E-state index in [-0.39, 0.29) is 43.0 Å². The van der Waals surface area contributed by atoms with Crippen LogP contribution in [-0.2, 0) is 30.3 Å². The van der Waals surface area contributed by atoms with Crippen molar-refractivity contribution in [2.75, 3.05) is 19.8 Å². The van der Waals surface area contributed by atoms with Gasteiger partial charge in [-0.1, -0.05) is 44.7 Å². The van der Waals surface area contributed by atoms with E-state index in [1.807, 2.05) is 0 Å². The van der Waals surface area contributed by atoms with Gasteiger partial charge in [0.25, 0.3) is 0 Å². The quantitative estimate of drug-likeness (QED) is 0.0481. The third-order valence-electron chi connectivity index (χ3n) is 10.6. The Hall–Kier alpha value is -3.54. The standard InChI is InChI=1S/C37H60N6O10/c1-2-3-4-5-6-9-31(47)42-27(17-22-10-13-25(46)14-11-22)35(51)43-28-19-26(52-36-33(49)32(48)30(21-45)53-36)15-12-23(28)18-29(43)34(50)41-24(20-44)8-7-16-40-37(38)39/h10-11,13-14,23-24,26-30,32-33,36,44-46,48-49H,2-9,12,15-21H2,1H3,(H,41,50)(H,42,47)(H4,38,39,40)/t23-,24?,26?,27-,28-,29?,30?,32?,33?,36?/m0/s1. The van der Waals surface area contributed by atoms with Crippen LogP contribution in [0.25, 0.3) is 0 Å². The van der Waals surface area contributed by atoms with Crippen molar-refractivity contribution in [3.8, 4) is 5.75 Å².